The molecule has 4 N–H and O–H groups in total. The summed E-state index contributed by atoms with van der Waals surface area (Å²) >= 11 is 1.05. The minimum absolute atomic E-state index is 0. The Hall–Kier alpha value is -4.12. The second kappa shape index (κ2) is 15.2. The predicted octanol–water partition coefficient (Wildman–Crippen LogP) is 6.19. The summed E-state index contributed by atoms with van der Waals surface area (Å²) in [5.41, 5.74) is 0.958. The number of halogens is 3. The second-order valence-corrected chi connectivity index (χ2v) is 11.8. The molecule has 0 amide bonds. The number of anilines is 2. The fourth-order valence-corrected chi connectivity index (χ4v) is 5.72. The maximum Gasteiger partial charge on any atom is 0.264 e. The van der Waals surface area contributed by atoms with Gasteiger partial charge in [0.1, 0.15) is 23.2 Å². The maximum absolute atomic E-state index is 15.0. The molecule has 4 rings (SSSR count). The number of hydrogen-bond acceptors (Lipinski definition) is 10. The van der Waals surface area contributed by atoms with E-state index in [1.807, 2.05) is 11.0 Å². The van der Waals surface area contributed by atoms with E-state index in [9.17, 15) is 21.6 Å². The summed E-state index contributed by atoms with van der Waals surface area (Å²) in [5, 5.41) is 0.352. The van der Waals surface area contributed by atoms with Gasteiger partial charge >= 0.3 is 0 Å². The fraction of sp³-hybridized carbons (Fsp3) is 0.276. The van der Waals surface area contributed by atoms with Gasteiger partial charge < -0.3 is 30.0 Å². The molecular weight excluding hydrogens is 637 g/mol. The second-order valence-electron chi connectivity index (χ2n) is 9.29. The van der Waals surface area contributed by atoms with Crippen molar-refractivity contribution in [2.24, 2.45) is 0 Å². The first kappa shape index (κ1) is 35.4. The molecule has 0 spiro atoms. The van der Waals surface area contributed by atoms with Gasteiger partial charge in [-0.3, -0.25) is 9.12 Å². The molecular formula is C29H33F3N4O7S2. The Bertz CT molecular complexity index is 1720. The average Bonchev–Trinajstić information content (AvgIpc) is 3.41. The molecule has 45 heavy (non-hydrogen) atoms. The third kappa shape index (κ3) is 8.54. The van der Waals surface area contributed by atoms with Crippen LogP contribution in [0.1, 0.15) is 12.0 Å². The highest BCUT2D eigenvalue weighted by Crippen LogP contribution is 2.38. The van der Waals surface area contributed by atoms with Crippen LogP contribution in [0.2, 0.25) is 0 Å². The van der Waals surface area contributed by atoms with Crippen LogP contribution in [0.3, 0.4) is 0 Å². The van der Waals surface area contributed by atoms with Crippen molar-refractivity contribution in [2.75, 3.05) is 45.6 Å². The fourth-order valence-electron chi connectivity index (χ4n) is 4.23. The van der Waals surface area contributed by atoms with E-state index in [0.29, 0.717) is 33.8 Å². The van der Waals surface area contributed by atoms with Crippen molar-refractivity contribution in [1.82, 2.24) is 15.7 Å². The summed E-state index contributed by atoms with van der Waals surface area (Å²) in [6.45, 7) is -0.165. The molecule has 0 radical (unpaired) electrons. The molecule has 16 heteroatoms. The Morgan fingerprint density at radius 1 is 0.911 bits per heavy atom. The van der Waals surface area contributed by atoms with Crippen molar-refractivity contribution >= 4 is 33.4 Å². The van der Waals surface area contributed by atoms with Crippen molar-refractivity contribution in [3.05, 3.63) is 77.7 Å². The van der Waals surface area contributed by atoms with Crippen molar-refractivity contribution in [3.8, 4) is 28.7 Å². The van der Waals surface area contributed by atoms with E-state index in [-0.39, 0.29) is 42.0 Å². The van der Waals surface area contributed by atoms with Gasteiger partial charge in [-0.1, -0.05) is 11.8 Å². The highest BCUT2D eigenvalue weighted by molar-refractivity contribution is 7.98. The number of benzene rings is 3. The number of ether oxygens (including phenoxy) is 4. The zero-order valence-electron chi connectivity index (χ0n) is 24.9. The first-order valence-corrected chi connectivity index (χ1v) is 15.6. The molecule has 0 saturated heterocycles. The molecule has 1 heterocycles. The summed E-state index contributed by atoms with van der Waals surface area (Å²) in [5.74, 6) is -1.54. The number of rotatable bonds is 14. The summed E-state index contributed by atoms with van der Waals surface area (Å²) in [4.78, 5) is 6.32. The summed E-state index contributed by atoms with van der Waals surface area (Å²) in [7, 11) is 2.01. The van der Waals surface area contributed by atoms with Crippen molar-refractivity contribution in [2.45, 2.75) is 17.3 Å². The van der Waals surface area contributed by atoms with E-state index in [1.165, 1.54) is 39.5 Å². The Balaban J connectivity index is 0.00000552. The van der Waals surface area contributed by atoms with Crippen LogP contribution in [0.5, 0.6) is 23.0 Å². The minimum atomic E-state index is -4.17. The number of imidazole rings is 1. The summed E-state index contributed by atoms with van der Waals surface area (Å²) in [6, 6.07) is 11.6. The highest BCUT2D eigenvalue weighted by atomic mass is 32.2. The number of aromatic nitrogens is 2. The lowest BCUT2D eigenvalue weighted by molar-refractivity contribution is 0.312. The Morgan fingerprint density at radius 3 is 2.20 bits per heavy atom. The van der Waals surface area contributed by atoms with E-state index in [1.54, 1.807) is 29.9 Å². The lowest BCUT2D eigenvalue weighted by atomic mass is 10.2. The quantitative estimate of drug-likeness (QED) is 0.0899. The Labute approximate surface area is 263 Å². The van der Waals surface area contributed by atoms with E-state index in [2.05, 4.69) is 4.98 Å². The predicted molar refractivity (Wildman–Crippen MR) is 165 cm³/mol. The normalized spacial score (nSPS) is 11.1. The lowest BCUT2D eigenvalue weighted by Crippen LogP contribution is -2.14. The van der Waals surface area contributed by atoms with Gasteiger partial charge in [0.2, 0.25) is 0 Å². The van der Waals surface area contributed by atoms with Gasteiger partial charge in [0, 0.05) is 48.3 Å². The largest absolute Gasteiger partial charge is 0.494 e. The molecule has 1 aromatic heterocycles. The molecule has 11 nitrogen and oxygen atoms in total. The molecule has 0 aliphatic rings. The average molecular weight is 671 g/mol. The molecule has 0 unspecified atom stereocenters. The Kier molecular flexibility index (Phi) is 12.0. The van der Waals surface area contributed by atoms with Crippen LogP contribution in [-0.4, -0.2) is 63.3 Å². The zero-order chi connectivity index (χ0) is 32.0. The van der Waals surface area contributed by atoms with Gasteiger partial charge in [-0.15, -0.1) is 0 Å². The van der Waals surface area contributed by atoms with Gasteiger partial charge in [-0.25, -0.2) is 18.2 Å². The lowest BCUT2D eigenvalue weighted by Gasteiger charge is -2.23. The number of thioether (sulfide) groups is 1. The summed E-state index contributed by atoms with van der Waals surface area (Å²) in [6.07, 6.45) is 1.52. The van der Waals surface area contributed by atoms with E-state index in [4.69, 9.17) is 23.5 Å². The van der Waals surface area contributed by atoms with Crippen LogP contribution in [0, 0.1) is 17.5 Å². The third-order valence-corrected chi connectivity index (χ3v) is 8.26. The molecule has 244 valence electrons. The number of nitrogens with zero attached hydrogens (tertiary/aromatic N) is 3. The molecule has 4 aromatic rings. The SMILES string of the molecule is COc1cc(-n2c(N(C)c3ccc(OC)c(OC)c3)cnc2SCc2c(F)cc(OCCCS(=O)(=O)O)cc2F)ccc1F.N. The molecule has 0 saturated carbocycles. The number of hydrogen-bond donors (Lipinski definition) is 2. The van der Waals surface area contributed by atoms with Crippen LogP contribution >= 0.6 is 11.8 Å². The van der Waals surface area contributed by atoms with Gasteiger partial charge in [-0.05, 0) is 30.7 Å². The standard InChI is InChI=1S/C29H30F3N3O7S2.H3N/c1-34(18-7-9-25(39-2)27(12-18)41-4)28-16-33-29(35(28)19-6-8-22(30)26(13-19)40-3)43-17-21-23(31)14-20(15-24(21)32)42-10-5-11-44(36,37)38;/h6-9,12-16H,5,10-11,17H2,1-4H3,(H,36,37,38);1H3. The van der Waals surface area contributed by atoms with E-state index in [0.717, 1.165) is 23.9 Å². The van der Waals surface area contributed by atoms with Crippen molar-refractivity contribution in [3.63, 3.8) is 0 Å². The van der Waals surface area contributed by atoms with Gasteiger partial charge in [0.15, 0.2) is 28.2 Å². The van der Waals surface area contributed by atoms with Gasteiger partial charge in [0.25, 0.3) is 10.1 Å². The van der Waals surface area contributed by atoms with E-state index < -0.39 is 33.3 Å². The first-order chi connectivity index (χ1) is 20.9. The molecule has 0 bridgehead atoms. The zero-order valence-corrected chi connectivity index (χ0v) is 26.6. The molecule has 0 aliphatic carbocycles. The monoisotopic (exact) mass is 670 g/mol. The maximum atomic E-state index is 15.0. The molecule has 0 fully saturated rings. The summed E-state index contributed by atoms with van der Waals surface area (Å²) < 4.78 is 97.7. The van der Waals surface area contributed by atoms with Crippen molar-refractivity contribution < 1.29 is 45.1 Å². The van der Waals surface area contributed by atoms with E-state index >= 15 is 0 Å². The van der Waals surface area contributed by atoms with Crippen LogP contribution in [0.15, 0.2) is 59.9 Å². The van der Waals surface area contributed by atoms with Crippen LogP contribution in [-0.2, 0) is 15.9 Å². The first-order valence-electron chi connectivity index (χ1n) is 13.0. The molecule has 3 aromatic carbocycles. The smallest absolute Gasteiger partial charge is 0.264 e. The van der Waals surface area contributed by atoms with Crippen LogP contribution in [0.4, 0.5) is 24.7 Å². The van der Waals surface area contributed by atoms with Crippen LogP contribution in [0.25, 0.3) is 5.69 Å². The number of methoxy groups -OCH3 is 3. The Morgan fingerprint density at radius 2 is 1.58 bits per heavy atom. The van der Waals surface area contributed by atoms with Crippen molar-refractivity contribution in [1.29, 1.82) is 0 Å². The van der Waals surface area contributed by atoms with Crippen LogP contribution < -0.4 is 30.0 Å². The van der Waals surface area contributed by atoms with Gasteiger partial charge in [-0.2, -0.15) is 8.42 Å². The van der Waals surface area contributed by atoms with Gasteiger partial charge in [0.05, 0.1) is 45.6 Å². The third-order valence-electron chi connectivity index (χ3n) is 6.48. The molecule has 0 atom stereocenters. The highest BCUT2D eigenvalue weighted by Gasteiger charge is 2.21. The minimum Gasteiger partial charge on any atom is -0.494 e. The topological polar surface area (TPSA) is 147 Å². The molecule has 0 aliphatic heterocycles.